The van der Waals surface area contributed by atoms with Crippen LogP contribution in [0.3, 0.4) is 0 Å². The van der Waals surface area contributed by atoms with Gasteiger partial charge in [-0.3, -0.25) is 0 Å². The summed E-state index contributed by atoms with van der Waals surface area (Å²) in [7, 11) is 0. The number of β-amino-alcohol motifs (C(OH)–C–C–N with tert-alkyl or cyclic N) is 1. The molecule has 0 bridgehead atoms. The van der Waals surface area contributed by atoms with Crippen molar-refractivity contribution in [1.29, 1.82) is 0 Å². The van der Waals surface area contributed by atoms with E-state index in [2.05, 4.69) is 18.7 Å². The van der Waals surface area contributed by atoms with Crippen molar-refractivity contribution in [2.24, 2.45) is 5.92 Å². The second-order valence-corrected chi connectivity index (χ2v) is 6.29. The molecule has 2 rings (SSSR count). The number of likely N-dealkylation sites (tertiary alicyclic amines) is 1. The van der Waals surface area contributed by atoms with E-state index < -0.39 is 6.10 Å². The average Bonchev–Trinajstić information content (AvgIpc) is 2.47. The van der Waals surface area contributed by atoms with Gasteiger partial charge in [-0.15, -0.1) is 0 Å². The van der Waals surface area contributed by atoms with Crippen molar-refractivity contribution < 1.29 is 14.2 Å². The highest BCUT2D eigenvalue weighted by molar-refractivity contribution is 5.18. The van der Waals surface area contributed by atoms with Crippen LogP contribution in [0.1, 0.15) is 38.4 Å². The van der Waals surface area contributed by atoms with Crippen molar-refractivity contribution in [1.82, 2.24) is 4.90 Å². The minimum Gasteiger partial charge on any atom is -0.387 e. The molecule has 0 spiro atoms. The monoisotopic (exact) mass is 295 g/mol. The smallest absolute Gasteiger partial charge is 0.123 e. The van der Waals surface area contributed by atoms with Crippen LogP contribution in [0.5, 0.6) is 0 Å². The summed E-state index contributed by atoms with van der Waals surface area (Å²) in [5.41, 5.74) is 0.773. The molecule has 1 fully saturated rings. The number of rotatable bonds is 6. The fourth-order valence-electron chi connectivity index (χ4n) is 2.62. The van der Waals surface area contributed by atoms with Crippen molar-refractivity contribution in [2.45, 2.75) is 38.9 Å². The van der Waals surface area contributed by atoms with Crippen LogP contribution in [-0.4, -0.2) is 42.4 Å². The molecule has 1 unspecified atom stereocenters. The highest BCUT2D eigenvalue weighted by atomic mass is 19.1. The van der Waals surface area contributed by atoms with Crippen LogP contribution in [0.4, 0.5) is 4.39 Å². The number of aliphatic hydroxyl groups excluding tert-OH is 1. The van der Waals surface area contributed by atoms with Crippen LogP contribution in [0.25, 0.3) is 0 Å². The van der Waals surface area contributed by atoms with Crippen molar-refractivity contribution in [3.63, 3.8) is 0 Å². The van der Waals surface area contributed by atoms with Gasteiger partial charge in [-0.25, -0.2) is 4.39 Å². The van der Waals surface area contributed by atoms with Gasteiger partial charge in [0.25, 0.3) is 0 Å². The zero-order chi connectivity index (χ0) is 15.2. The maximum atomic E-state index is 12.9. The Kier molecular flexibility index (Phi) is 6.15. The van der Waals surface area contributed by atoms with Crippen LogP contribution in [0.2, 0.25) is 0 Å². The largest absolute Gasteiger partial charge is 0.387 e. The van der Waals surface area contributed by atoms with E-state index in [1.807, 2.05) is 0 Å². The molecular weight excluding hydrogens is 269 g/mol. The molecule has 21 heavy (non-hydrogen) atoms. The molecule has 1 heterocycles. The predicted octanol–water partition coefficient (Wildman–Crippen LogP) is 3.00. The van der Waals surface area contributed by atoms with Crippen molar-refractivity contribution >= 4 is 0 Å². The van der Waals surface area contributed by atoms with E-state index in [0.717, 1.165) is 38.1 Å². The minimum atomic E-state index is -0.557. The third-order valence-electron chi connectivity index (χ3n) is 3.89. The summed E-state index contributed by atoms with van der Waals surface area (Å²) in [5, 5.41) is 10.2. The van der Waals surface area contributed by atoms with Gasteiger partial charge >= 0.3 is 0 Å². The second kappa shape index (κ2) is 7.87. The SMILES string of the molecule is CC(C)COC1CCN(CC(O)c2ccc(F)cc2)CC1. The third kappa shape index (κ3) is 5.38. The fourth-order valence-corrected chi connectivity index (χ4v) is 2.62. The Hall–Kier alpha value is -0.970. The lowest BCUT2D eigenvalue weighted by Gasteiger charge is -2.33. The summed E-state index contributed by atoms with van der Waals surface area (Å²) in [4.78, 5) is 2.25. The molecule has 1 N–H and O–H groups in total. The molecule has 0 amide bonds. The van der Waals surface area contributed by atoms with E-state index >= 15 is 0 Å². The maximum Gasteiger partial charge on any atom is 0.123 e. The summed E-state index contributed by atoms with van der Waals surface area (Å²) < 4.78 is 18.7. The molecule has 0 aliphatic carbocycles. The highest BCUT2D eigenvalue weighted by Gasteiger charge is 2.22. The van der Waals surface area contributed by atoms with Crippen molar-refractivity contribution in [3.8, 4) is 0 Å². The van der Waals surface area contributed by atoms with Crippen LogP contribution in [0, 0.1) is 11.7 Å². The molecule has 0 saturated carbocycles. The van der Waals surface area contributed by atoms with Crippen LogP contribution in [0.15, 0.2) is 24.3 Å². The molecule has 0 aromatic heterocycles. The lowest BCUT2D eigenvalue weighted by atomic mass is 10.0. The Bertz CT molecular complexity index is 413. The van der Waals surface area contributed by atoms with Gasteiger partial charge in [-0.2, -0.15) is 0 Å². The number of piperidine rings is 1. The number of hydrogen-bond donors (Lipinski definition) is 1. The lowest BCUT2D eigenvalue weighted by molar-refractivity contribution is -0.0123. The first-order valence-corrected chi connectivity index (χ1v) is 7.82. The first-order chi connectivity index (χ1) is 10.0. The Morgan fingerprint density at radius 3 is 2.43 bits per heavy atom. The van der Waals surface area contributed by atoms with E-state index in [4.69, 9.17) is 4.74 Å². The Morgan fingerprint density at radius 2 is 1.86 bits per heavy atom. The summed E-state index contributed by atoms with van der Waals surface area (Å²) in [5.74, 6) is 0.303. The second-order valence-electron chi connectivity index (χ2n) is 6.29. The predicted molar refractivity (Wildman–Crippen MR) is 81.6 cm³/mol. The van der Waals surface area contributed by atoms with Crippen molar-refractivity contribution in [2.75, 3.05) is 26.2 Å². The van der Waals surface area contributed by atoms with E-state index in [1.54, 1.807) is 12.1 Å². The number of nitrogens with zero attached hydrogens (tertiary/aromatic N) is 1. The Labute approximate surface area is 126 Å². The van der Waals surface area contributed by atoms with Crippen LogP contribution >= 0.6 is 0 Å². The summed E-state index contributed by atoms with van der Waals surface area (Å²) >= 11 is 0. The molecule has 3 nitrogen and oxygen atoms in total. The molecule has 1 saturated heterocycles. The maximum absolute atomic E-state index is 12.9. The van der Waals surface area contributed by atoms with E-state index in [0.29, 0.717) is 18.6 Å². The standard InChI is InChI=1S/C17H26FNO2/c1-13(2)12-21-16-7-9-19(10-8-16)11-17(20)14-3-5-15(18)6-4-14/h3-6,13,16-17,20H,7-12H2,1-2H3. The fraction of sp³-hybridized carbons (Fsp3) is 0.647. The zero-order valence-electron chi connectivity index (χ0n) is 13.0. The first kappa shape index (κ1) is 16.4. The summed E-state index contributed by atoms with van der Waals surface area (Å²) in [6.07, 6.45) is 1.83. The van der Waals surface area contributed by atoms with E-state index in [9.17, 15) is 9.50 Å². The number of benzene rings is 1. The zero-order valence-corrected chi connectivity index (χ0v) is 13.0. The topological polar surface area (TPSA) is 32.7 Å². The molecule has 1 atom stereocenters. The summed E-state index contributed by atoms with van der Waals surface area (Å²) in [6.45, 7) is 7.63. The molecule has 1 aliphatic heterocycles. The van der Waals surface area contributed by atoms with Crippen LogP contribution in [-0.2, 0) is 4.74 Å². The van der Waals surface area contributed by atoms with Crippen LogP contribution < -0.4 is 0 Å². The van der Waals surface area contributed by atoms with E-state index in [1.165, 1.54) is 12.1 Å². The van der Waals surface area contributed by atoms with Gasteiger partial charge < -0.3 is 14.7 Å². The Balaban J connectivity index is 1.74. The van der Waals surface area contributed by atoms with Gasteiger partial charge in [0.1, 0.15) is 5.82 Å². The molecule has 1 aromatic carbocycles. The lowest BCUT2D eigenvalue weighted by Crippen LogP contribution is -2.39. The van der Waals surface area contributed by atoms with Gasteiger partial charge in [0.05, 0.1) is 12.2 Å². The average molecular weight is 295 g/mol. The van der Waals surface area contributed by atoms with E-state index in [-0.39, 0.29) is 5.82 Å². The number of halogens is 1. The quantitative estimate of drug-likeness (QED) is 0.875. The molecule has 1 aliphatic rings. The molecule has 118 valence electrons. The number of aliphatic hydroxyl groups is 1. The first-order valence-electron chi connectivity index (χ1n) is 7.82. The van der Waals surface area contributed by atoms with Gasteiger partial charge in [0, 0.05) is 26.2 Å². The number of hydrogen-bond acceptors (Lipinski definition) is 3. The third-order valence-corrected chi connectivity index (χ3v) is 3.89. The van der Waals surface area contributed by atoms with Gasteiger partial charge in [-0.1, -0.05) is 26.0 Å². The van der Waals surface area contributed by atoms with Crippen molar-refractivity contribution in [3.05, 3.63) is 35.6 Å². The molecular formula is C17H26FNO2. The number of ether oxygens (including phenoxy) is 1. The minimum absolute atomic E-state index is 0.269. The normalized spacial score (nSPS) is 19.1. The van der Waals surface area contributed by atoms with Gasteiger partial charge in [0.15, 0.2) is 0 Å². The molecule has 4 heteroatoms. The Morgan fingerprint density at radius 1 is 1.24 bits per heavy atom. The highest BCUT2D eigenvalue weighted by Crippen LogP contribution is 2.19. The molecule has 1 aromatic rings. The van der Waals surface area contributed by atoms with Gasteiger partial charge in [0.2, 0.25) is 0 Å². The molecule has 0 radical (unpaired) electrons. The summed E-state index contributed by atoms with van der Waals surface area (Å²) in [6, 6.07) is 6.09. The van der Waals surface area contributed by atoms with Gasteiger partial charge in [-0.05, 0) is 36.5 Å².